The molecule has 0 aliphatic heterocycles. The molecule has 214 valence electrons. The molecule has 0 radical (unpaired) electrons. The molecule has 0 unspecified atom stereocenters. The van der Waals surface area contributed by atoms with Crippen molar-refractivity contribution in [3.05, 3.63) is 92.4 Å². The fourth-order valence-electron chi connectivity index (χ4n) is 3.88. The summed E-state index contributed by atoms with van der Waals surface area (Å²) in [5.74, 6) is -0.934. The summed E-state index contributed by atoms with van der Waals surface area (Å²) < 4.78 is 29.5. The van der Waals surface area contributed by atoms with Crippen molar-refractivity contribution in [2.24, 2.45) is 0 Å². The molecule has 7 nitrogen and oxygen atoms in total. The molecule has 0 spiro atoms. The van der Waals surface area contributed by atoms with Crippen LogP contribution in [0.1, 0.15) is 38.3 Å². The Morgan fingerprint density at radius 3 is 2.27 bits per heavy atom. The maximum Gasteiger partial charge on any atom is 0.264 e. The lowest BCUT2D eigenvalue weighted by Crippen LogP contribution is -2.52. The number of anilines is 1. The Bertz CT molecular complexity index is 1470. The van der Waals surface area contributed by atoms with E-state index in [1.54, 1.807) is 61.5 Å². The SMILES string of the molecule is CC[C@H](C)NC(=O)[C@H](C)N(Cc1ccc(Cl)cc1Cl)C(=O)CN(c1cccc(Br)c1)S(=O)(=O)c1ccc(C)cc1. The third-order valence-corrected chi connectivity index (χ3v) is 9.38. The first-order valence-electron chi connectivity index (χ1n) is 12.7. The molecule has 3 aromatic carbocycles. The Balaban J connectivity index is 2.05. The number of rotatable bonds is 11. The standard InChI is InChI=1S/C29H32BrCl2N3O4S/c1-5-20(3)33-29(37)21(4)34(17-22-11-12-24(31)16-27(22)32)28(36)18-35(25-8-6-7-23(30)15-25)40(38,39)26-13-9-19(2)10-14-26/h6-16,20-21H,5,17-18H2,1-4H3,(H,33,37)/t20-,21-/m0/s1. The lowest BCUT2D eigenvalue weighted by Gasteiger charge is -2.32. The third-order valence-electron chi connectivity index (χ3n) is 6.51. The molecule has 2 atom stereocenters. The molecule has 11 heteroatoms. The van der Waals surface area contributed by atoms with Gasteiger partial charge in [0, 0.05) is 27.1 Å². The highest BCUT2D eigenvalue weighted by Gasteiger charge is 2.33. The number of sulfonamides is 1. The molecule has 0 fully saturated rings. The zero-order valence-electron chi connectivity index (χ0n) is 22.7. The van der Waals surface area contributed by atoms with Crippen LogP contribution in [0.4, 0.5) is 5.69 Å². The summed E-state index contributed by atoms with van der Waals surface area (Å²) in [6.45, 7) is 6.71. The lowest BCUT2D eigenvalue weighted by molar-refractivity contribution is -0.139. The van der Waals surface area contributed by atoms with Gasteiger partial charge in [-0.1, -0.05) is 75.9 Å². The van der Waals surface area contributed by atoms with E-state index in [2.05, 4.69) is 21.2 Å². The molecule has 0 aliphatic rings. The van der Waals surface area contributed by atoms with E-state index in [4.69, 9.17) is 23.2 Å². The number of hydrogen-bond donors (Lipinski definition) is 1. The molecule has 40 heavy (non-hydrogen) atoms. The van der Waals surface area contributed by atoms with E-state index in [1.807, 2.05) is 20.8 Å². The smallest absolute Gasteiger partial charge is 0.264 e. The monoisotopic (exact) mass is 667 g/mol. The number of carbonyl (C=O) groups is 2. The minimum absolute atomic E-state index is 0.0270. The van der Waals surface area contributed by atoms with Crippen LogP contribution >= 0.6 is 39.1 Å². The molecule has 2 amide bonds. The van der Waals surface area contributed by atoms with Crippen LogP contribution in [0.15, 0.2) is 76.1 Å². The largest absolute Gasteiger partial charge is 0.352 e. The zero-order valence-corrected chi connectivity index (χ0v) is 26.6. The van der Waals surface area contributed by atoms with Crippen molar-refractivity contribution in [2.45, 2.75) is 57.6 Å². The van der Waals surface area contributed by atoms with Crippen LogP contribution in [0.2, 0.25) is 10.0 Å². The van der Waals surface area contributed by atoms with Crippen LogP contribution in [0.5, 0.6) is 0 Å². The maximum absolute atomic E-state index is 14.0. The van der Waals surface area contributed by atoms with Crippen molar-refractivity contribution in [1.82, 2.24) is 10.2 Å². The van der Waals surface area contributed by atoms with E-state index in [-0.39, 0.29) is 23.4 Å². The summed E-state index contributed by atoms with van der Waals surface area (Å²) in [5.41, 5.74) is 1.76. The van der Waals surface area contributed by atoms with Gasteiger partial charge in [0.25, 0.3) is 10.0 Å². The Kier molecular flexibility index (Phi) is 11.1. The van der Waals surface area contributed by atoms with Gasteiger partial charge in [0.1, 0.15) is 12.6 Å². The van der Waals surface area contributed by atoms with Crippen LogP contribution in [0, 0.1) is 6.92 Å². The first-order chi connectivity index (χ1) is 18.8. The highest BCUT2D eigenvalue weighted by molar-refractivity contribution is 9.10. The van der Waals surface area contributed by atoms with Gasteiger partial charge < -0.3 is 10.2 Å². The average molecular weight is 669 g/mol. The quantitative estimate of drug-likeness (QED) is 0.250. The number of amides is 2. The fraction of sp³-hybridized carbons (Fsp3) is 0.310. The Labute approximate surface area is 254 Å². The maximum atomic E-state index is 14.0. The highest BCUT2D eigenvalue weighted by atomic mass is 79.9. The van der Waals surface area contributed by atoms with Gasteiger partial charge in [0.2, 0.25) is 11.8 Å². The summed E-state index contributed by atoms with van der Waals surface area (Å²) in [5, 5.41) is 3.66. The van der Waals surface area contributed by atoms with Crippen LogP contribution < -0.4 is 9.62 Å². The second-order valence-electron chi connectivity index (χ2n) is 9.56. The molecule has 3 rings (SSSR count). The van der Waals surface area contributed by atoms with Gasteiger partial charge in [0.05, 0.1) is 10.6 Å². The minimum atomic E-state index is -4.15. The first kappa shape index (κ1) is 31.9. The second-order valence-corrected chi connectivity index (χ2v) is 13.2. The van der Waals surface area contributed by atoms with Crippen LogP contribution in [0.3, 0.4) is 0 Å². The highest BCUT2D eigenvalue weighted by Crippen LogP contribution is 2.28. The van der Waals surface area contributed by atoms with Crippen molar-refractivity contribution in [2.75, 3.05) is 10.8 Å². The van der Waals surface area contributed by atoms with Gasteiger partial charge in [0.15, 0.2) is 0 Å². The van der Waals surface area contributed by atoms with E-state index in [0.717, 1.165) is 9.87 Å². The predicted octanol–water partition coefficient (Wildman–Crippen LogP) is 6.59. The minimum Gasteiger partial charge on any atom is -0.352 e. The van der Waals surface area contributed by atoms with Crippen LogP contribution in [-0.4, -0.2) is 43.8 Å². The van der Waals surface area contributed by atoms with Gasteiger partial charge in [-0.15, -0.1) is 0 Å². The van der Waals surface area contributed by atoms with Gasteiger partial charge in [-0.05, 0) is 75.2 Å². The van der Waals surface area contributed by atoms with Gasteiger partial charge in [-0.3, -0.25) is 13.9 Å². The first-order valence-corrected chi connectivity index (χ1v) is 15.7. The molecule has 0 aliphatic carbocycles. The van der Waals surface area contributed by atoms with Crippen molar-refractivity contribution >= 4 is 66.7 Å². The summed E-state index contributed by atoms with van der Waals surface area (Å²) in [4.78, 5) is 28.5. The fourth-order valence-corrected chi connectivity index (χ4v) is 6.14. The predicted molar refractivity (Wildman–Crippen MR) is 164 cm³/mol. The van der Waals surface area contributed by atoms with Gasteiger partial charge >= 0.3 is 0 Å². The normalized spacial score (nSPS) is 12.9. The lowest BCUT2D eigenvalue weighted by atomic mass is 10.1. The van der Waals surface area contributed by atoms with Crippen molar-refractivity contribution < 1.29 is 18.0 Å². The van der Waals surface area contributed by atoms with E-state index >= 15 is 0 Å². The van der Waals surface area contributed by atoms with E-state index in [1.165, 1.54) is 17.0 Å². The van der Waals surface area contributed by atoms with Crippen LogP contribution in [-0.2, 0) is 26.2 Å². The average Bonchev–Trinajstić information content (AvgIpc) is 2.90. The molecule has 0 aromatic heterocycles. The van der Waals surface area contributed by atoms with E-state index < -0.39 is 28.5 Å². The van der Waals surface area contributed by atoms with Gasteiger partial charge in [-0.2, -0.15) is 0 Å². The summed E-state index contributed by atoms with van der Waals surface area (Å²) in [6, 6.07) is 17.0. The number of nitrogens with zero attached hydrogens (tertiary/aromatic N) is 2. The van der Waals surface area contributed by atoms with Crippen molar-refractivity contribution in [1.29, 1.82) is 0 Å². The number of aryl methyl sites for hydroxylation is 1. The molecule has 0 heterocycles. The summed E-state index contributed by atoms with van der Waals surface area (Å²) in [7, 11) is -4.15. The topological polar surface area (TPSA) is 86.8 Å². The van der Waals surface area contributed by atoms with Crippen molar-refractivity contribution in [3.8, 4) is 0 Å². The number of halogens is 3. The second kappa shape index (κ2) is 13.9. The van der Waals surface area contributed by atoms with Crippen molar-refractivity contribution in [3.63, 3.8) is 0 Å². The number of hydrogen-bond acceptors (Lipinski definition) is 4. The molecule has 0 saturated carbocycles. The Morgan fingerprint density at radius 2 is 1.68 bits per heavy atom. The Hall–Kier alpha value is -2.59. The molecule has 0 saturated heterocycles. The molecular weight excluding hydrogens is 637 g/mol. The van der Waals surface area contributed by atoms with Crippen LogP contribution in [0.25, 0.3) is 0 Å². The Morgan fingerprint density at radius 1 is 1.00 bits per heavy atom. The third kappa shape index (κ3) is 8.00. The van der Waals surface area contributed by atoms with E-state index in [9.17, 15) is 18.0 Å². The number of benzene rings is 3. The van der Waals surface area contributed by atoms with Gasteiger partial charge in [-0.25, -0.2) is 8.42 Å². The summed E-state index contributed by atoms with van der Waals surface area (Å²) >= 11 is 15.9. The molecule has 3 aromatic rings. The number of nitrogens with one attached hydrogen (secondary N) is 1. The molecule has 1 N–H and O–H groups in total. The molecule has 0 bridgehead atoms. The summed E-state index contributed by atoms with van der Waals surface area (Å²) in [6.07, 6.45) is 0.709. The van der Waals surface area contributed by atoms with E-state index in [0.29, 0.717) is 32.2 Å². The number of carbonyl (C=O) groups excluding carboxylic acids is 2. The molecular formula is C29H32BrCl2N3O4S. The zero-order chi connectivity index (χ0) is 29.6.